The zero-order valence-electron chi connectivity index (χ0n) is 15.4. The topological polar surface area (TPSA) is 47.6 Å². The summed E-state index contributed by atoms with van der Waals surface area (Å²) < 4.78 is 0. The minimum absolute atomic E-state index is 0.0346. The van der Waals surface area contributed by atoms with Gasteiger partial charge in [-0.05, 0) is 50.1 Å². The fourth-order valence-electron chi connectivity index (χ4n) is 4.70. The van der Waals surface area contributed by atoms with E-state index in [1.165, 1.54) is 22.4 Å². The Kier molecular flexibility index (Phi) is 4.20. The van der Waals surface area contributed by atoms with Gasteiger partial charge in [0, 0.05) is 43.8 Å². The maximum absolute atomic E-state index is 12.5. The third-order valence-corrected chi connectivity index (χ3v) is 5.99. The molecule has 2 amide bonds. The summed E-state index contributed by atoms with van der Waals surface area (Å²) in [5.41, 5.74) is 5.53. The molecule has 5 heteroatoms. The number of nitrogens with zero attached hydrogens (tertiary/aromatic N) is 2. The predicted octanol–water partition coefficient (Wildman–Crippen LogP) is 2.72. The van der Waals surface area contributed by atoms with Crippen LogP contribution in [0.1, 0.15) is 37.3 Å². The molecule has 25 heavy (non-hydrogen) atoms. The number of fused-ring (bicyclic) bond motifs is 2. The van der Waals surface area contributed by atoms with Crippen LogP contribution in [0.5, 0.6) is 0 Å². The second-order valence-corrected chi connectivity index (χ2v) is 7.39. The van der Waals surface area contributed by atoms with Crippen molar-refractivity contribution < 1.29 is 4.79 Å². The minimum atomic E-state index is 0.0346. The molecular formula is C20H28N4O. The van der Waals surface area contributed by atoms with Crippen LogP contribution in [0.2, 0.25) is 0 Å². The van der Waals surface area contributed by atoms with Gasteiger partial charge in [-0.15, -0.1) is 0 Å². The van der Waals surface area contributed by atoms with E-state index in [9.17, 15) is 4.79 Å². The second-order valence-electron chi connectivity index (χ2n) is 7.39. The van der Waals surface area contributed by atoms with Gasteiger partial charge in [0.25, 0.3) is 0 Å². The molecule has 0 aromatic heterocycles. The Morgan fingerprint density at radius 3 is 2.92 bits per heavy atom. The fourth-order valence-corrected chi connectivity index (χ4v) is 4.70. The maximum atomic E-state index is 12.5. The summed E-state index contributed by atoms with van der Waals surface area (Å²) in [4.78, 5) is 16.7. The van der Waals surface area contributed by atoms with E-state index in [0.717, 1.165) is 32.6 Å². The van der Waals surface area contributed by atoms with Gasteiger partial charge in [-0.1, -0.05) is 18.2 Å². The van der Waals surface area contributed by atoms with Crippen molar-refractivity contribution in [2.45, 2.75) is 38.3 Å². The fraction of sp³-hybridized carbons (Fsp3) is 0.550. The number of hydrogen-bond donors (Lipinski definition) is 2. The molecule has 2 heterocycles. The van der Waals surface area contributed by atoms with Crippen LogP contribution in [0.15, 0.2) is 24.3 Å². The molecule has 2 aliphatic heterocycles. The summed E-state index contributed by atoms with van der Waals surface area (Å²) in [5, 5.41) is 6.77. The zero-order valence-corrected chi connectivity index (χ0v) is 15.4. The van der Waals surface area contributed by atoms with Crippen LogP contribution >= 0.6 is 0 Å². The average Bonchev–Trinajstić information content (AvgIpc) is 3.02. The Labute approximate surface area is 150 Å². The highest BCUT2D eigenvalue weighted by Crippen LogP contribution is 2.47. The van der Waals surface area contributed by atoms with Crippen molar-refractivity contribution in [1.82, 2.24) is 15.1 Å². The molecule has 0 saturated heterocycles. The van der Waals surface area contributed by atoms with Crippen molar-refractivity contribution in [3.63, 3.8) is 0 Å². The lowest BCUT2D eigenvalue weighted by molar-refractivity contribution is 0.191. The number of likely N-dealkylation sites (N-methyl/N-ethyl adjacent to an activating group) is 1. The normalized spacial score (nSPS) is 27.0. The molecule has 0 radical (unpaired) electrons. The van der Waals surface area contributed by atoms with Crippen molar-refractivity contribution in [2.24, 2.45) is 0 Å². The van der Waals surface area contributed by atoms with Gasteiger partial charge in [-0.25, -0.2) is 4.79 Å². The summed E-state index contributed by atoms with van der Waals surface area (Å²) in [7, 11) is 2.19. The lowest BCUT2D eigenvalue weighted by atomic mass is 9.75. The molecule has 5 nitrogen and oxygen atoms in total. The average molecular weight is 340 g/mol. The number of rotatable bonds is 3. The molecule has 0 spiro atoms. The third kappa shape index (κ3) is 2.71. The molecule has 2 N–H and O–H groups in total. The SMILES string of the molecule is CCN(CC)C(=O)N[C@@H]1C=C2c3cccc4c3[C@@H](CN4)C[C@H]2N(C)C1. The Hall–Kier alpha value is -2.01. The molecule has 0 fully saturated rings. The van der Waals surface area contributed by atoms with Crippen molar-refractivity contribution in [2.75, 3.05) is 38.5 Å². The van der Waals surface area contributed by atoms with Crippen LogP contribution in [0.4, 0.5) is 10.5 Å². The number of amides is 2. The number of carbonyl (C=O) groups excluding carboxylic acids is 1. The molecule has 3 atom stereocenters. The summed E-state index contributed by atoms with van der Waals surface area (Å²) in [6.07, 6.45) is 3.46. The van der Waals surface area contributed by atoms with E-state index in [1.807, 2.05) is 18.7 Å². The minimum Gasteiger partial charge on any atom is -0.384 e. The lowest BCUT2D eigenvalue weighted by Crippen LogP contribution is -2.52. The van der Waals surface area contributed by atoms with Crippen molar-refractivity contribution >= 4 is 17.3 Å². The zero-order chi connectivity index (χ0) is 17.6. The van der Waals surface area contributed by atoms with Gasteiger partial charge in [0.05, 0.1) is 6.04 Å². The molecule has 0 saturated carbocycles. The molecule has 0 bridgehead atoms. The highest BCUT2D eigenvalue weighted by atomic mass is 16.2. The van der Waals surface area contributed by atoms with Gasteiger partial charge in [0.1, 0.15) is 0 Å². The highest BCUT2D eigenvalue weighted by molar-refractivity contribution is 5.82. The van der Waals surface area contributed by atoms with Crippen LogP contribution in [-0.4, -0.2) is 61.1 Å². The molecule has 4 rings (SSSR count). The first kappa shape index (κ1) is 16.5. The van der Waals surface area contributed by atoms with Crippen molar-refractivity contribution in [1.29, 1.82) is 0 Å². The van der Waals surface area contributed by atoms with E-state index < -0.39 is 0 Å². The first-order valence-corrected chi connectivity index (χ1v) is 9.46. The summed E-state index contributed by atoms with van der Waals surface area (Å²) in [5.74, 6) is 0.609. The summed E-state index contributed by atoms with van der Waals surface area (Å²) in [6.45, 7) is 7.44. The van der Waals surface area contributed by atoms with Gasteiger partial charge >= 0.3 is 6.03 Å². The van der Waals surface area contributed by atoms with E-state index in [0.29, 0.717) is 12.0 Å². The molecule has 1 aromatic rings. The number of benzene rings is 1. The van der Waals surface area contributed by atoms with Crippen LogP contribution < -0.4 is 10.6 Å². The largest absolute Gasteiger partial charge is 0.384 e. The van der Waals surface area contributed by atoms with Crippen molar-refractivity contribution in [3.05, 3.63) is 35.4 Å². The quantitative estimate of drug-likeness (QED) is 0.889. The van der Waals surface area contributed by atoms with Crippen molar-refractivity contribution in [3.8, 4) is 0 Å². The Morgan fingerprint density at radius 1 is 1.36 bits per heavy atom. The number of carbonyl (C=O) groups is 1. The van der Waals surface area contributed by atoms with Crippen LogP contribution in [0, 0.1) is 0 Å². The Bertz CT molecular complexity index is 710. The molecule has 1 aromatic carbocycles. The van der Waals surface area contributed by atoms with E-state index in [4.69, 9.17) is 0 Å². The second kappa shape index (κ2) is 6.37. The molecular weight excluding hydrogens is 312 g/mol. The van der Waals surface area contributed by atoms with Gasteiger partial charge in [-0.2, -0.15) is 0 Å². The number of urea groups is 1. The Morgan fingerprint density at radius 2 is 2.16 bits per heavy atom. The van der Waals surface area contributed by atoms with E-state index in [2.05, 4.69) is 46.9 Å². The monoisotopic (exact) mass is 340 g/mol. The highest BCUT2D eigenvalue weighted by Gasteiger charge is 2.39. The van der Waals surface area contributed by atoms with Gasteiger partial charge < -0.3 is 15.5 Å². The summed E-state index contributed by atoms with van der Waals surface area (Å²) in [6, 6.07) is 7.13. The predicted molar refractivity (Wildman–Crippen MR) is 102 cm³/mol. The molecule has 0 unspecified atom stereocenters. The van der Waals surface area contributed by atoms with E-state index >= 15 is 0 Å². The molecule has 1 aliphatic carbocycles. The van der Waals surface area contributed by atoms with Crippen LogP contribution in [0.3, 0.4) is 0 Å². The lowest BCUT2D eigenvalue weighted by Gasteiger charge is -2.42. The number of nitrogens with one attached hydrogen (secondary N) is 2. The van der Waals surface area contributed by atoms with E-state index in [-0.39, 0.29) is 12.1 Å². The third-order valence-electron chi connectivity index (χ3n) is 5.99. The van der Waals surface area contributed by atoms with E-state index in [1.54, 1.807) is 0 Å². The number of anilines is 1. The van der Waals surface area contributed by atoms with Crippen LogP contribution in [-0.2, 0) is 0 Å². The number of hydrogen-bond acceptors (Lipinski definition) is 3. The first-order valence-electron chi connectivity index (χ1n) is 9.46. The summed E-state index contributed by atoms with van der Waals surface area (Å²) >= 11 is 0. The maximum Gasteiger partial charge on any atom is 0.317 e. The Balaban J connectivity index is 1.65. The standard InChI is InChI=1S/C20H28N4O/c1-4-24(5-2)20(25)22-14-10-16-15-7-6-8-17-19(15)13(11-21-17)9-18(16)23(3)12-14/h6-8,10,13-14,18,21H,4-5,9,11-12H2,1-3H3,(H,22,25)/t13-,14-,18-/m1/s1. The first-order chi connectivity index (χ1) is 12.1. The van der Waals surface area contributed by atoms with Gasteiger partial charge in [0.2, 0.25) is 0 Å². The molecule has 3 aliphatic rings. The molecule has 134 valence electrons. The smallest absolute Gasteiger partial charge is 0.317 e. The van der Waals surface area contributed by atoms with Crippen LogP contribution in [0.25, 0.3) is 5.57 Å². The van der Waals surface area contributed by atoms with Gasteiger partial charge in [-0.3, -0.25) is 4.90 Å². The van der Waals surface area contributed by atoms with Gasteiger partial charge in [0.15, 0.2) is 0 Å².